The van der Waals surface area contributed by atoms with E-state index in [0.29, 0.717) is 11.5 Å². The summed E-state index contributed by atoms with van der Waals surface area (Å²) in [5.74, 6) is -0.875. The molecule has 4 rings (SSSR count). The molecule has 0 radical (unpaired) electrons. The van der Waals surface area contributed by atoms with Gasteiger partial charge in [0, 0.05) is 23.2 Å². The van der Waals surface area contributed by atoms with Gasteiger partial charge in [0.2, 0.25) is 25.4 Å². The summed E-state index contributed by atoms with van der Waals surface area (Å²) in [6.45, 7) is 4.85. The fourth-order valence-corrected chi connectivity index (χ4v) is 5.82. The third-order valence-electron chi connectivity index (χ3n) is 5.93. The van der Waals surface area contributed by atoms with Gasteiger partial charge in [-0.25, -0.2) is 4.79 Å². The van der Waals surface area contributed by atoms with E-state index in [1.165, 1.54) is 16.7 Å². The third-order valence-corrected chi connectivity index (χ3v) is 7.50. The Morgan fingerprint density at radius 3 is 2.74 bits per heavy atom. The standard InChI is InChI=1S/C22H27N3O8S.ClH/c1-4-14(26)31-10-33-21(29)17-22(2,3)34-20-15(19(28)25(17)20)24-18(27)12(23)8-11-6-5-7-13-16(11)32-9-30-13;/h5-7,12,15,17,20H,4,8-10,23H2,1-3H3,(H,24,27);1H/t12?,15-,17+,20-;/m1./s1. The van der Waals surface area contributed by atoms with Gasteiger partial charge in [-0.1, -0.05) is 19.1 Å². The summed E-state index contributed by atoms with van der Waals surface area (Å²) in [7, 11) is 0. The van der Waals surface area contributed by atoms with Crippen molar-refractivity contribution in [1.29, 1.82) is 0 Å². The summed E-state index contributed by atoms with van der Waals surface area (Å²) >= 11 is 1.39. The quantitative estimate of drug-likeness (QED) is 0.280. The minimum atomic E-state index is -0.911. The third kappa shape index (κ3) is 5.14. The summed E-state index contributed by atoms with van der Waals surface area (Å²) in [6, 6.07) is 2.78. The van der Waals surface area contributed by atoms with Gasteiger partial charge in [-0.2, -0.15) is 0 Å². The number of thioether (sulfide) groups is 1. The van der Waals surface area contributed by atoms with Gasteiger partial charge in [0.25, 0.3) is 0 Å². The van der Waals surface area contributed by atoms with E-state index in [1.807, 2.05) is 13.8 Å². The van der Waals surface area contributed by atoms with Crippen LogP contribution in [-0.2, 0) is 35.1 Å². The number of hydrogen-bond acceptors (Lipinski definition) is 10. The Labute approximate surface area is 212 Å². The maximum Gasteiger partial charge on any atom is 0.333 e. The summed E-state index contributed by atoms with van der Waals surface area (Å²) in [6.07, 6.45) is 0.365. The number of nitrogens with zero attached hydrogens (tertiary/aromatic N) is 1. The first kappa shape index (κ1) is 26.9. The van der Waals surface area contributed by atoms with E-state index in [4.69, 9.17) is 24.7 Å². The topological polar surface area (TPSA) is 146 Å². The maximum absolute atomic E-state index is 12.9. The monoisotopic (exact) mass is 529 g/mol. The van der Waals surface area contributed by atoms with Crippen molar-refractivity contribution >= 4 is 47.9 Å². The van der Waals surface area contributed by atoms with Gasteiger partial charge in [-0.3, -0.25) is 14.4 Å². The molecule has 0 saturated carbocycles. The van der Waals surface area contributed by atoms with Gasteiger partial charge in [0.1, 0.15) is 17.5 Å². The van der Waals surface area contributed by atoms with Crippen LogP contribution in [0.1, 0.15) is 32.8 Å². The van der Waals surface area contributed by atoms with Crippen LogP contribution in [0.4, 0.5) is 0 Å². The number of carbonyl (C=O) groups is 4. The summed E-state index contributed by atoms with van der Waals surface area (Å²) in [5, 5.41) is 2.28. The van der Waals surface area contributed by atoms with Crippen LogP contribution in [-0.4, -0.2) is 70.5 Å². The van der Waals surface area contributed by atoms with Gasteiger partial charge in [-0.05, 0) is 19.9 Å². The van der Waals surface area contributed by atoms with Crippen molar-refractivity contribution in [3.05, 3.63) is 23.8 Å². The molecule has 3 N–H and O–H groups in total. The Kier molecular flexibility index (Phi) is 8.07. The molecule has 2 amide bonds. The number of esters is 2. The first-order valence-electron chi connectivity index (χ1n) is 10.9. The highest BCUT2D eigenvalue weighted by atomic mass is 35.5. The van der Waals surface area contributed by atoms with Crippen LogP contribution >= 0.6 is 24.2 Å². The molecule has 13 heteroatoms. The van der Waals surface area contributed by atoms with Crippen LogP contribution < -0.4 is 20.5 Å². The lowest BCUT2D eigenvalue weighted by Crippen LogP contribution is -2.71. The van der Waals surface area contributed by atoms with E-state index >= 15 is 0 Å². The van der Waals surface area contributed by atoms with E-state index in [1.54, 1.807) is 25.1 Å². The minimum absolute atomic E-state index is 0. The van der Waals surface area contributed by atoms with Crippen molar-refractivity contribution in [1.82, 2.24) is 10.2 Å². The number of nitrogens with two attached hydrogens (primary N) is 1. The number of rotatable bonds is 8. The SMILES string of the molecule is CCC(=O)OCOC(=O)[C@@H]1N2C(=O)[C@@H](NC(=O)C(N)Cc3cccc4c3OCO4)[C@H]2SC1(C)C.Cl. The van der Waals surface area contributed by atoms with Crippen LogP contribution in [0.15, 0.2) is 18.2 Å². The Bertz CT molecular complexity index is 1020. The summed E-state index contributed by atoms with van der Waals surface area (Å²) in [4.78, 5) is 50.9. The minimum Gasteiger partial charge on any atom is -0.454 e. The average Bonchev–Trinajstić information content (AvgIpc) is 3.38. The molecule has 4 atom stereocenters. The molecule has 0 aromatic heterocycles. The fourth-order valence-electron chi connectivity index (χ4n) is 4.20. The van der Waals surface area contributed by atoms with Gasteiger partial charge < -0.3 is 34.9 Å². The normalized spacial score (nSPS) is 23.9. The molecule has 1 aromatic rings. The molecular weight excluding hydrogens is 502 g/mol. The molecule has 3 heterocycles. The van der Waals surface area contributed by atoms with Gasteiger partial charge in [-0.15, -0.1) is 24.2 Å². The highest BCUT2D eigenvalue weighted by Crippen LogP contribution is 2.51. The summed E-state index contributed by atoms with van der Waals surface area (Å²) in [5.41, 5.74) is 6.86. The second-order valence-corrected chi connectivity index (χ2v) is 10.4. The second kappa shape index (κ2) is 10.5. The zero-order valence-electron chi connectivity index (χ0n) is 19.5. The number of para-hydroxylation sites is 1. The Morgan fingerprint density at radius 1 is 1.29 bits per heavy atom. The molecule has 2 saturated heterocycles. The number of fused-ring (bicyclic) bond motifs is 2. The molecule has 192 valence electrons. The first-order chi connectivity index (χ1) is 16.1. The highest BCUT2D eigenvalue weighted by Gasteiger charge is 2.64. The smallest absolute Gasteiger partial charge is 0.333 e. The van der Waals surface area contributed by atoms with Crippen LogP contribution in [0.3, 0.4) is 0 Å². The van der Waals surface area contributed by atoms with Crippen LogP contribution in [0, 0.1) is 0 Å². The van der Waals surface area contributed by atoms with Crippen molar-refractivity contribution < 1.29 is 38.1 Å². The lowest BCUT2D eigenvalue weighted by Gasteiger charge is -2.44. The van der Waals surface area contributed by atoms with Crippen molar-refractivity contribution in [2.24, 2.45) is 5.73 Å². The van der Waals surface area contributed by atoms with Crippen molar-refractivity contribution in [2.45, 2.75) is 61.9 Å². The largest absolute Gasteiger partial charge is 0.454 e. The molecule has 3 aliphatic heterocycles. The molecule has 1 aromatic carbocycles. The highest BCUT2D eigenvalue weighted by molar-refractivity contribution is 8.01. The number of halogens is 1. The molecular formula is C22H28ClN3O8S. The van der Waals surface area contributed by atoms with Crippen molar-refractivity contribution in [3.8, 4) is 11.5 Å². The summed E-state index contributed by atoms with van der Waals surface area (Å²) < 4.78 is 20.0. The predicted octanol–water partition coefficient (Wildman–Crippen LogP) is 0.708. The molecule has 0 aliphatic carbocycles. The maximum atomic E-state index is 12.9. The lowest BCUT2D eigenvalue weighted by molar-refractivity contribution is -0.176. The Morgan fingerprint density at radius 2 is 2.03 bits per heavy atom. The van der Waals surface area contributed by atoms with E-state index < -0.39 is 58.8 Å². The van der Waals surface area contributed by atoms with Crippen molar-refractivity contribution in [3.63, 3.8) is 0 Å². The number of amides is 2. The van der Waals surface area contributed by atoms with E-state index in [0.717, 1.165) is 5.56 Å². The van der Waals surface area contributed by atoms with Crippen LogP contribution in [0.5, 0.6) is 11.5 Å². The van der Waals surface area contributed by atoms with Gasteiger partial charge in [0.15, 0.2) is 11.5 Å². The van der Waals surface area contributed by atoms with Gasteiger partial charge >= 0.3 is 11.9 Å². The molecule has 1 unspecified atom stereocenters. The zero-order chi connectivity index (χ0) is 24.6. The molecule has 11 nitrogen and oxygen atoms in total. The second-order valence-electron chi connectivity index (χ2n) is 8.66. The lowest BCUT2D eigenvalue weighted by atomic mass is 9.95. The van der Waals surface area contributed by atoms with Crippen LogP contribution in [0.2, 0.25) is 0 Å². The fraction of sp³-hybridized carbons (Fsp3) is 0.545. The predicted molar refractivity (Wildman–Crippen MR) is 127 cm³/mol. The number of carbonyl (C=O) groups excluding carboxylic acids is 4. The molecule has 2 fully saturated rings. The molecule has 0 bridgehead atoms. The number of benzene rings is 1. The molecule has 0 spiro atoms. The molecule has 3 aliphatic rings. The zero-order valence-corrected chi connectivity index (χ0v) is 21.1. The number of hydrogen-bond donors (Lipinski definition) is 2. The molecule has 35 heavy (non-hydrogen) atoms. The van der Waals surface area contributed by atoms with E-state index in [2.05, 4.69) is 5.32 Å². The van der Waals surface area contributed by atoms with Crippen molar-refractivity contribution in [2.75, 3.05) is 13.6 Å². The first-order valence-corrected chi connectivity index (χ1v) is 11.8. The Balaban J connectivity index is 0.00000342. The Hall–Kier alpha value is -2.70. The van der Waals surface area contributed by atoms with E-state index in [-0.39, 0.29) is 32.0 Å². The van der Waals surface area contributed by atoms with Crippen LogP contribution in [0.25, 0.3) is 0 Å². The number of ether oxygens (including phenoxy) is 4. The number of nitrogens with one attached hydrogen (secondary N) is 1. The van der Waals surface area contributed by atoms with E-state index in [9.17, 15) is 19.2 Å². The number of β-lactam (4-membered cyclic amide) rings is 1. The van der Waals surface area contributed by atoms with Gasteiger partial charge in [0.05, 0.1) is 6.04 Å². The average molecular weight is 530 g/mol.